The highest BCUT2D eigenvalue weighted by Crippen LogP contribution is 2.30. The molecule has 2 heterocycles. The molecule has 0 fully saturated rings. The molecule has 9 heteroatoms. The Bertz CT molecular complexity index is 732. The van der Waals surface area contributed by atoms with Crippen LogP contribution in [0.15, 0.2) is 22.8 Å². The number of nitrogens with zero attached hydrogens (tertiary/aromatic N) is 3. The van der Waals surface area contributed by atoms with Gasteiger partial charge in [0.2, 0.25) is 12.4 Å². The van der Waals surface area contributed by atoms with E-state index in [9.17, 15) is 4.79 Å². The van der Waals surface area contributed by atoms with Crippen LogP contribution in [0.3, 0.4) is 0 Å². The summed E-state index contributed by atoms with van der Waals surface area (Å²) in [5.41, 5.74) is 11.2. The summed E-state index contributed by atoms with van der Waals surface area (Å²) >= 11 is 0. The number of amides is 1. The van der Waals surface area contributed by atoms with E-state index in [-0.39, 0.29) is 30.6 Å². The van der Waals surface area contributed by atoms with Crippen LogP contribution in [-0.4, -0.2) is 37.6 Å². The number of aromatic amines is 1. The van der Waals surface area contributed by atoms with E-state index in [1.807, 2.05) is 10.6 Å². The Balaban J connectivity index is 0.000000497. The number of allylic oxidation sites excluding steroid dienone is 1. The Morgan fingerprint density at radius 2 is 2.29 bits per heavy atom. The van der Waals surface area contributed by atoms with Gasteiger partial charge in [0.05, 0.1) is 12.9 Å². The number of hydrogen-bond donors (Lipinski definition) is 4. The largest absolute Gasteiger partial charge is 0.392 e. The molecular formula is C12H16N6O3. The Kier molecular flexibility index (Phi) is 4.33. The fraction of sp³-hybridized carbons (Fsp3) is 0.333. The molecule has 0 bridgehead atoms. The fourth-order valence-corrected chi connectivity index (χ4v) is 2.32. The average Bonchev–Trinajstić information content (AvgIpc) is 3.05. The minimum atomic E-state index is -0.329. The molecule has 0 spiro atoms. The number of carbonyl (C=O) groups is 1. The zero-order chi connectivity index (χ0) is 15.4. The summed E-state index contributed by atoms with van der Waals surface area (Å²) in [5, 5.41) is 9.10. The summed E-state index contributed by atoms with van der Waals surface area (Å²) in [6.07, 6.45) is 5.41. The van der Waals surface area contributed by atoms with Gasteiger partial charge >= 0.3 is 0 Å². The Labute approximate surface area is 119 Å². The van der Waals surface area contributed by atoms with Crippen molar-refractivity contribution < 1.29 is 9.90 Å². The van der Waals surface area contributed by atoms with Crippen LogP contribution in [0.5, 0.6) is 0 Å². The van der Waals surface area contributed by atoms with E-state index in [0.717, 1.165) is 18.4 Å². The number of fused-ring (bicyclic) bond motifs is 1. The highest BCUT2D eigenvalue weighted by Gasteiger charge is 2.21. The lowest BCUT2D eigenvalue weighted by molar-refractivity contribution is -0.106. The lowest BCUT2D eigenvalue weighted by atomic mass is 10.2. The van der Waals surface area contributed by atoms with Crippen molar-refractivity contribution in [1.29, 1.82) is 0 Å². The van der Waals surface area contributed by atoms with Crippen molar-refractivity contribution in [2.75, 3.05) is 12.3 Å². The van der Waals surface area contributed by atoms with Crippen molar-refractivity contribution in [3.05, 3.63) is 28.3 Å². The second-order valence-electron chi connectivity index (χ2n) is 4.53. The second kappa shape index (κ2) is 6.18. The Hall–Kier alpha value is -2.68. The second-order valence-corrected chi connectivity index (χ2v) is 4.53. The van der Waals surface area contributed by atoms with E-state index in [1.165, 1.54) is 0 Å². The number of nitrogen functional groups attached to an aromatic ring is 1. The van der Waals surface area contributed by atoms with Crippen LogP contribution in [0.4, 0.5) is 5.95 Å². The van der Waals surface area contributed by atoms with Crippen molar-refractivity contribution in [2.45, 2.75) is 18.9 Å². The van der Waals surface area contributed by atoms with Gasteiger partial charge in [-0.3, -0.25) is 14.6 Å². The van der Waals surface area contributed by atoms with Gasteiger partial charge in [-0.05, 0) is 18.4 Å². The summed E-state index contributed by atoms with van der Waals surface area (Å²) in [7, 11) is 0. The molecule has 1 atom stereocenters. The van der Waals surface area contributed by atoms with Crippen LogP contribution in [0, 0.1) is 0 Å². The first kappa shape index (κ1) is 14.7. The molecular weight excluding hydrogens is 276 g/mol. The van der Waals surface area contributed by atoms with Gasteiger partial charge in [0.1, 0.15) is 0 Å². The van der Waals surface area contributed by atoms with Crippen LogP contribution in [0.2, 0.25) is 0 Å². The van der Waals surface area contributed by atoms with Crippen molar-refractivity contribution >= 4 is 23.5 Å². The highest BCUT2D eigenvalue weighted by atomic mass is 16.3. The summed E-state index contributed by atoms with van der Waals surface area (Å²) < 4.78 is 1.85. The zero-order valence-electron chi connectivity index (χ0n) is 11.2. The number of aromatic nitrogens is 4. The predicted octanol–water partition coefficient (Wildman–Crippen LogP) is -0.943. The van der Waals surface area contributed by atoms with Crippen LogP contribution in [0.25, 0.3) is 11.2 Å². The summed E-state index contributed by atoms with van der Waals surface area (Å²) in [4.78, 5) is 30.8. The molecule has 3 rings (SSSR count). The molecule has 112 valence electrons. The van der Waals surface area contributed by atoms with Crippen molar-refractivity contribution in [3.8, 4) is 0 Å². The molecule has 21 heavy (non-hydrogen) atoms. The number of rotatable bonds is 2. The number of anilines is 1. The molecule has 1 amide bonds. The average molecular weight is 292 g/mol. The molecule has 1 aliphatic rings. The lowest BCUT2D eigenvalue weighted by Gasteiger charge is -2.12. The van der Waals surface area contributed by atoms with E-state index in [4.69, 9.17) is 15.6 Å². The fourth-order valence-electron chi connectivity index (χ4n) is 2.32. The van der Waals surface area contributed by atoms with Crippen LogP contribution in [-0.2, 0) is 4.79 Å². The van der Waals surface area contributed by atoms with Gasteiger partial charge in [0.15, 0.2) is 11.2 Å². The molecule has 0 saturated heterocycles. The molecule has 0 saturated carbocycles. The maximum Gasteiger partial charge on any atom is 0.280 e. The van der Waals surface area contributed by atoms with Crippen molar-refractivity contribution in [2.24, 2.45) is 5.73 Å². The molecule has 0 unspecified atom stereocenters. The monoisotopic (exact) mass is 292 g/mol. The first-order valence-electron chi connectivity index (χ1n) is 6.27. The quantitative estimate of drug-likeness (QED) is 0.414. The number of nitrogens with one attached hydrogen (secondary N) is 1. The number of carbonyl (C=O) groups excluding carboxylic acids is 1. The smallest absolute Gasteiger partial charge is 0.280 e. The number of aliphatic hydroxyl groups is 1. The highest BCUT2D eigenvalue weighted by molar-refractivity contribution is 5.70. The molecule has 0 radical (unpaired) electrons. The van der Waals surface area contributed by atoms with E-state index in [2.05, 4.69) is 20.7 Å². The minimum Gasteiger partial charge on any atom is -0.392 e. The lowest BCUT2D eigenvalue weighted by Crippen LogP contribution is -2.13. The van der Waals surface area contributed by atoms with Gasteiger partial charge in [0, 0.05) is 6.04 Å². The number of imidazole rings is 1. The normalized spacial score (nSPS) is 17.2. The van der Waals surface area contributed by atoms with Crippen LogP contribution in [0.1, 0.15) is 18.9 Å². The van der Waals surface area contributed by atoms with Gasteiger partial charge in [-0.25, -0.2) is 4.98 Å². The van der Waals surface area contributed by atoms with Gasteiger partial charge < -0.3 is 21.1 Å². The molecule has 9 nitrogen and oxygen atoms in total. The van der Waals surface area contributed by atoms with E-state index >= 15 is 0 Å². The molecule has 2 aromatic heterocycles. The maximum absolute atomic E-state index is 11.6. The van der Waals surface area contributed by atoms with Crippen molar-refractivity contribution in [1.82, 2.24) is 19.5 Å². The molecule has 0 aliphatic heterocycles. The number of aliphatic hydroxyl groups excluding tert-OH is 1. The Morgan fingerprint density at radius 1 is 1.57 bits per heavy atom. The summed E-state index contributed by atoms with van der Waals surface area (Å²) in [5.74, 6) is 0.0857. The number of hydrogen-bond acceptors (Lipinski definition) is 6. The maximum atomic E-state index is 11.6. The molecule has 6 N–H and O–H groups in total. The van der Waals surface area contributed by atoms with E-state index in [1.54, 1.807) is 6.33 Å². The topological polar surface area (TPSA) is 153 Å². The van der Waals surface area contributed by atoms with Crippen molar-refractivity contribution in [3.63, 3.8) is 0 Å². The number of nitrogens with two attached hydrogens (primary N) is 2. The molecule has 2 aromatic rings. The molecule has 1 aliphatic carbocycles. The zero-order valence-corrected chi connectivity index (χ0v) is 11.2. The van der Waals surface area contributed by atoms with Gasteiger partial charge in [0.25, 0.3) is 5.56 Å². The summed E-state index contributed by atoms with van der Waals surface area (Å²) in [6.45, 7) is 0.0687. The predicted molar refractivity (Wildman–Crippen MR) is 76.3 cm³/mol. The SMILES string of the molecule is NC=O.Nc1nc2c(ncn2[C@H]2CC=C(CO)C2)c(=O)[nH]1. The van der Waals surface area contributed by atoms with Gasteiger partial charge in [-0.1, -0.05) is 6.08 Å². The standard InChI is InChI=1S/C11H13N5O2.CH3NO/c12-11-14-9-8(10(18)15-11)13-5-16(9)7-2-1-6(3-7)4-17;2-1-3/h1,5,7,17H,2-4H2,(H3,12,14,15,18);1H,(H2,2,3)/t7-;/m0./s1. The Morgan fingerprint density at radius 3 is 2.90 bits per heavy atom. The third kappa shape index (κ3) is 2.92. The third-order valence-electron chi connectivity index (χ3n) is 3.22. The number of H-pyrrole nitrogens is 1. The third-order valence-corrected chi connectivity index (χ3v) is 3.22. The van der Waals surface area contributed by atoms with E-state index < -0.39 is 0 Å². The summed E-state index contributed by atoms with van der Waals surface area (Å²) in [6, 6.07) is 0.144. The minimum absolute atomic E-state index is 0.0687. The molecule has 0 aromatic carbocycles. The van der Waals surface area contributed by atoms with Crippen LogP contribution >= 0.6 is 0 Å². The van der Waals surface area contributed by atoms with E-state index in [0.29, 0.717) is 11.2 Å². The number of primary amides is 1. The first-order valence-corrected chi connectivity index (χ1v) is 6.27. The van der Waals surface area contributed by atoms with Crippen LogP contribution < -0.4 is 17.0 Å². The van der Waals surface area contributed by atoms with Gasteiger partial charge in [-0.2, -0.15) is 4.98 Å². The van der Waals surface area contributed by atoms with Gasteiger partial charge in [-0.15, -0.1) is 0 Å². The first-order chi connectivity index (χ1) is 10.1.